The molecule has 0 unspecified atom stereocenters. The van der Waals surface area contributed by atoms with Crippen LogP contribution in [0, 0.1) is 0 Å². The van der Waals surface area contributed by atoms with E-state index < -0.39 is 0 Å². The van der Waals surface area contributed by atoms with E-state index in [-0.39, 0.29) is 5.78 Å². The molecule has 1 aromatic rings. The average molecular weight is 246 g/mol. The van der Waals surface area contributed by atoms with E-state index in [0.717, 1.165) is 29.7 Å². The maximum absolute atomic E-state index is 11.6. The lowest BCUT2D eigenvalue weighted by atomic mass is 10.0. The van der Waals surface area contributed by atoms with Gasteiger partial charge in [0.25, 0.3) is 0 Å². The zero-order valence-corrected chi connectivity index (χ0v) is 11.5. The van der Waals surface area contributed by atoms with Gasteiger partial charge in [-0.25, -0.2) is 0 Å². The molecule has 0 N–H and O–H groups in total. The number of carbonyl (C=O) groups is 1. The summed E-state index contributed by atoms with van der Waals surface area (Å²) in [7, 11) is 1.65. The molecule has 98 valence electrons. The summed E-state index contributed by atoms with van der Waals surface area (Å²) in [5.41, 5.74) is 1.96. The summed E-state index contributed by atoms with van der Waals surface area (Å²) in [6, 6.07) is 7.77. The number of carbonyl (C=O) groups excluding carboxylic acids is 1. The van der Waals surface area contributed by atoms with Crippen molar-refractivity contribution >= 4 is 11.9 Å². The highest BCUT2D eigenvalue weighted by Crippen LogP contribution is 2.17. The van der Waals surface area contributed by atoms with Crippen molar-refractivity contribution < 1.29 is 9.53 Å². The van der Waals surface area contributed by atoms with Gasteiger partial charge in [0.1, 0.15) is 5.75 Å². The summed E-state index contributed by atoms with van der Waals surface area (Å²) < 4.78 is 5.11. The Balaban J connectivity index is 2.76. The van der Waals surface area contributed by atoms with Crippen LogP contribution in [0.3, 0.4) is 0 Å². The quantitative estimate of drug-likeness (QED) is 0.531. The maximum Gasteiger partial charge on any atom is 0.155 e. The van der Waals surface area contributed by atoms with Gasteiger partial charge < -0.3 is 4.74 Å². The van der Waals surface area contributed by atoms with Crippen molar-refractivity contribution in [1.82, 2.24) is 0 Å². The van der Waals surface area contributed by atoms with Gasteiger partial charge in [-0.3, -0.25) is 4.79 Å². The third kappa shape index (κ3) is 4.74. The van der Waals surface area contributed by atoms with Crippen LogP contribution in [-0.4, -0.2) is 12.9 Å². The van der Waals surface area contributed by atoms with Gasteiger partial charge >= 0.3 is 0 Å². The lowest BCUT2D eigenvalue weighted by molar-refractivity contribution is -0.113. The second-order valence-corrected chi connectivity index (χ2v) is 4.46. The van der Waals surface area contributed by atoms with Crippen molar-refractivity contribution in [2.24, 2.45) is 0 Å². The molecule has 0 radical (unpaired) electrons. The van der Waals surface area contributed by atoms with Gasteiger partial charge in [-0.2, -0.15) is 0 Å². The molecule has 0 aromatic heterocycles. The summed E-state index contributed by atoms with van der Waals surface area (Å²) in [5, 5.41) is 0. The molecule has 0 fully saturated rings. The molecule has 0 saturated heterocycles. The van der Waals surface area contributed by atoms with Crippen LogP contribution >= 0.6 is 0 Å². The first kappa shape index (κ1) is 14.5. The average Bonchev–Trinajstić information content (AvgIpc) is 2.38. The molecule has 0 aliphatic heterocycles. The van der Waals surface area contributed by atoms with Crippen LogP contribution in [0.25, 0.3) is 6.08 Å². The van der Waals surface area contributed by atoms with Crippen LogP contribution in [0.5, 0.6) is 5.75 Å². The fourth-order valence-corrected chi connectivity index (χ4v) is 1.82. The van der Waals surface area contributed by atoms with Crippen LogP contribution in [0.15, 0.2) is 29.8 Å². The SMILES string of the molecule is CCCCCC(=Cc1ccc(OC)cc1)C(C)=O. The molecule has 2 heteroatoms. The monoisotopic (exact) mass is 246 g/mol. The molecule has 1 rings (SSSR count). The number of hydrogen-bond acceptors (Lipinski definition) is 2. The van der Waals surface area contributed by atoms with Gasteiger partial charge in [0, 0.05) is 0 Å². The van der Waals surface area contributed by atoms with Gasteiger partial charge in [-0.05, 0) is 49.1 Å². The summed E-state index contributed by atoms with van der Waals surface area (Å²) in [5.74, 6) is 1.00. The Morgan fingerprint density at radius 2 is 1.89 bits per heavy atom. The van der Waals surface area contributed by atoms with Crippen LogP contribution < -0.4 is 4.74 Å². The van der Waals surface area contributed by atoms with E-state index in [9.17, 15) is 4.79 Å². The number of rotatable bonds is 7. The van der Waals surface area contributed by atoms with Crippen LogP contribution in [-0.2, 0) is 4.79 Å². The normalized spacial score (nSPS) is 11.4. The second-order valence-electron chi connectivity index (χ2n) is 4.46. The van der Waals surface area contributed by atoms with Gasteiger partial charge in [-0.1, -0.05) is 31.9 Å². The van der Waals surface area contributed by atoms with Crippen molar-refractivity contribution in [3.63, 3.8) is 0 Å². The molecular weight excluding hydrogens is 224 g/mol. The lowest BCUT2D eigenvalue weighted by Gasteiger charge is -2.04. The van der Waals surface area contributed by atoms with E-state index in [1.807, 2.05) is 30.3 Å². The smallest absolute Gasteiger partial charge is 0.155 e. The molecule has 0 aliphatic rings. The first-order chi connectivity index (χ1) is 8.67. The number of Topliss-reactive ketones (excluding diaryl/α,β-unsaturated/α-hetero) is 1. The molecule has 0 bridgehead atoms. The highest BCUT2D eigenvalue weighted by atomic mass is 16.5. The minimum absolute atomic E-state index is 0.168. The number of methoxy groups -OCH3 is 1. The number of ether oxygens (including phenoxy) is 1. The van der Waals surface area contributed by atoms with E-state index in [4.69, 9.17) is 4.74 Å². The Kier molecular flexibility index (Phi) is 6.20. The van der Waals surface area contributed by atoms with Gasteiger partial charge in [0.15, 0.2) is 5.78 Å². The van der Waals surface area contributed by atoms with E-state index in [0.29, 0.717) is 0 Å². The molecule has 0 saturated carbocycles. The number of allylic oxidation sites excluding steroid dienone is 1. The summed E-state index contributed by atoms with van der Waals surface area (Å²) in [6.07, 6.45) is 6.28. The Hall–Kier alpha value is -1.57. The van der Waals surface area contributed by atoms with E-state index >= 15 is 0 Å². The highest BCUT2D eigenvalue weighted by Gasteiger charge is 2.04. The van der Waals surface area contributed by atoms with Crippen molar-refractivity contribution in [3.05, 3.63) is 35.4 Å². The Bertz CT molecular complexity index is 402. The Morgan fingerprint density at radius 1 is 1.22 bits per heavy atom. The number of ketones is 1. The molecule has 18 heavy (non-hydrogen) atoms. The molecular formula is C16H22O2. The van der Waals surface area contributed by atoms with Crippen molar-refractivity contribution in [2.45, 2.75) is 39.5 Å². The molecule has 0 heterocycles. The topological polar surface area (TPSA) is 26.3 Å². The number of benzene rings is 1. The highest BCUT2D eigenvalue weighted by molar-refractivity contribution is 5.97. The standard InChI is InChI=1S/C16H22O2/c1-4-5-6-7-15(13(2)17)12-14-8-10-16(18-3)11-9-14/h8-12H,4-7H2,1-3H3. The third-order valence-electron chi connectivity index (χ3n) is 2.96. The molecule has 0 spiro atoms. The fourth-order valence-electron chi connectivity index (χ4n) is 1.82. The van der Waals surface area contributed by atoms with Crippen molar-refractivity contribution in [1.29, 1.82) is 0 Å². The minimum atomic E-state index is 0.168. The third-order valence-corrected chi connectivity index (χ3v) is 2.96. The first-order valence-electron chi connectivity index (χ1n) is 6.53. The number of hydrogen-bond donors (Lipinski definition) is 0. The van der Waals surface area contributed by atoms with Crippen LogP contribution in [0.1, 0.15) is 45.1 Å². The predicted molar refractivity (Wildman–Crippen MR) is 75.8 cm³/mol. The molecule has 1 aromatic carbocycles. The van der Waals surface area contributed by atoms with Crippen LogP contribution in [0.4, 0.5) is 0 Å². The lowest BCUT2D eigenvalue weighted by Crippen LogP contribution is -1.96. The largest absolute Gasteiger partial charge is 0.497 e. The van der Waals surface area contributed by atoms with E-state index in [2.05, 4.69) is 6.92 Å². The first-order valence-corrected chi connectivity index (χ1v) is 6.53. The second kappa shape index (κ2) is 7.70. The molecule has 2 nitrogen and oxygen atoms in total. The zero-order valence-electron chi connectivity index (χ0n) is 11.5. The van der Waals surface area contributed by atoms with Crippen molar-refractivity contribution in [3.8, 4) is 5.75 Å². The molecule has 0 aliphatic carbocycles. The Labute approximate surface area is 110 Å². The molecule has 0 atom stereocenters. The Morgan fingerprint density at radius 3 is 2.39 bits per heavy atom. The summed E-state index contributed by atoms with van der Waals surface area (Å²) in [6.45, 7) is 3.81. The van der Waals surface area contributed by atoms with Gasteiger partial charge in [0.2, 0.25) is 0 Å². The zero-order chi connectivity index (χ0) is 13.4. The van der Waals surface area contributed by atoms with E-state index in [1.165, 1.54) is 12.8 Å². The maximum atomic E-state index is 11.6. The fraction of sp³-hybridized carbons (Fsp3) is 0.438. The predicted octanol–water partition coefficient (Wildman–Crippen LogP) is 4.25. The minimum Gasteiger partial charge on any atom is -0.497 e. The number of unbranched alkanes of at least 4 members (excludes halogenated alkanes) is 2. The summed E-state index contributed by atoms with van der Waals surface area (Å²) >= 11 is 0. The van der Waals surface area contributed by atoms with Crippen molar-refractivity contribution in [2.75, 3.05) is 7.11 Å². The van der Waals surface area contributed by atoms with Gasteiger partial charge in [0.05, 0.1) is 7.11 Å². The van der Waals surface area contributed by atoms with Crippen LogP contribution in [0.2, 0.25) is 0 Å². The van der Waals surface area contributed by atoms with Gasteiger partial charge in [-0.15, -0.1) is 0 Å². The summed E-state index contributed by atoms with van der Waals surface area (Å²) in [4.78, 5) is 11.6. The molecule has 0 amide bonds. The van der Waals surface area contributed by atoms with E-state index in [1.54, 1.807) is 14.0 Å².